The van der Waals surface area contributed by atoms with Crippen LogP contribution < -0.4 is 18.9 Å². The Morgan fingerprint density at radius 1 is 1.64 bits per heavy atom. The molecule has 11 heavy (non-hydrogen) atoms. The van der Waals surface area contributed by atoms with E-state index in [9.17, 15) is 8.42 Å². The van der Waals surface area contributed by atoms with E-state index in [0.29, 0.717) is 0 Å². The number of rotatable bonds is 1. The summed E-state index contributed by atoms with van der Waals surface area (Å²) in [6.07, 6.45) is 0. The van der Waals surface area contributed by atoms with E-state index in [0.717, 1.165) is 4.88 Å². The molecule has 1 aromatic heterocycles. The Morgan fingerprint density at radius 2 is 2.18 bits per heavy atom. The molecule has 0 spiro atoms. The molecule has 0 amide bonds. The fourth-order valence-electron chi connectivity index (χ4n) is 0.555. The summed E-state index contributed by atoms with van der Waals surface area (Å²) in [5.74, 6) is 0. The van der Waals surface area contributed by atoms with Gasteiger partial charge >= 0.3 is 18.9 Å². The maximum Gasteiger partial charge on any atom is 1.00 e. The molecule has 1 rings (SSSR count). The van der Waals surface area contributed by atoms with Crippen LogP contribution in [0.3, 0.4) is 0 Å². The van der Waals surface area contributed by atoms with Crippen molar-refractivity contribution in [3.63, 3.8) is 0 Å². The van der Waals surface area contributed by atoms with E-state index >= 15 is 0 Å². The van der Waals surface area contributed by atoms with Gasteiger partial charge in [-0.3, -0.25) is 4.55 Å². The molecular weight excluding hydrogens is 179 g/mol. The predicted octanol–water partition coefficient (Wildman–Crippen LogP) is -1.58. The van der Waals surface area contributed by atoms with Gasteiger partial charge in [-0.25, -0.2) is 0 Å². The standard InChI is InChI=1S/C5H6O3S2.Li.H/c1-4-2-5(3-9-4)10(6,7)8;;/h2-3H,1H3,(H,6,7,8);;/q;+1;-1. The molecule has 0 atom stereocenters. The topological polar surface area (TPSA) is 54.4 Å². The largest absolute Gasteiger partial charge is 1.00 e. The molecule has 0 aliphatic heterocycles. The van der Waals surface area contributed by atoms with Gasteiger partial charge in [0, 0.05) is 10.3 Å². The summed E-state index contributed by atoms with van der Waals surface area (Å²) in [6, 6.07) is 1.43. The average Bonchev–Trinajstić information content (AvgIpc) is 2.11. The van der Waals surface area contributed by atoms with Crippen LogP contribution in [0, 0.1) is 6.92 Å². The third-order valence-electron chi connectivity index (χ3n) is 1.00. The third-order valence-corrected chi connectivity index (χ3v) is 2.85. The molecule has 3 nitrogen and oxygen atoms in total. The second-order valence-electron chi connectivity index (χ2n) is 1.87. The maximum absolute atomic E-state index is 10.4. The Bertz CT molecular complexity index is 332. The first-order chi connectivity index (χ1) is 4.50. The van der Waals surface area contributed by atoms with Crippen LogP contribution in [0.4, 0.5) is 0 Å². The summed E-state index contributed by atoms with van der Waals surface area (Å²) >= 11 is 1.29. The molecule has 0 bridgehead atoms. The average molecular weight is 186 g/mol. The third kappa shape index (κ3) is 2.97. The minimum atomic E-state index is -3.97. The Balaban J connectivity index is 0. The van der Waals surface area contributed by atoms with Crippen LogP contribution in [-0.4, -0.2) is 13.0 Å². The molecule has 58 valence electrons. The van der Waals surface area contributed by atoms with Gasteiger partial charge in [-0.1, -0.05) is 0 Å². The Hall–Kier alpha value is 0.207. The molecule has 1 heterocycles. The monoisotopic (exact) mass is 186 g/mol. The zero-order valence-electron chi connectivity index (χ0n) is 7.23. The smallest absolute Gasteiger partial charge is 1.00 e. The van der Waals surface area contributed by atoms with E-state index in [1.165, 1.54) is 22.8 Å². The molecule has 6 heteroatoms. The number of aryl methyl sites for hydroxylation is 1. The SMILES string of the molecule is Cc1cc(S(=O)(=O)O)cs1.[H-].[Li+]. The first-order valence-corrected chi connectivity index (χ1v) is 4.85. The minimum Gasteiger partial charge on any atom is -1.00 e. The van der Waals surface area contributed by atoms with Gasteiger partial charge in [0.05, 0.1) is 0 Å². The fourth-order valence-corrected chi connectivity index (χ4v) is 2.15. The van der Waals surface area contributed by atoms with Crippen molar-refractivity contribution in [1.82, 2.24) is 0 Å². The molecule has 0 aliphatic rings. The second kappa shape index (κ2) is 3.74. The second-order valence-corrected chi connectivity index (χ2v) is 4.41. The van der Waals surface area contributed by atoms with Crippen LogP contribution in [0.1, 0.15) is 6.30 Å². The minimum absolute atomic E-state index is 0. The molecule has 0 aromatic carbocycles. The normalized spacial score (nSPS) is 10.7. The summed E-state index contributed by atoms with van der Waals surface area (Å²) < 4.78 is 29.3. The van der Waals surface area contributed by atoms with Crippen molar-refractivity contribution in [2.45, 2.75) is 11.8 Å². The Kier molecular flexibility index (Phi) is 3.81. The van der Waals surface area contributed by atoms with Crippen molar-refractivity contribution in [2.75, 3.05) is 0 Å². The first-order valence-electron chi connectivity index (χ1n) is 2.53. The van der Waals surface area contributed by atoms with Gasteiger partial charge in [0.15, 0.2) is 0 Å². The van der Waals surface area contributed by atoms with Crippen LogP contribution in [0.25, 0.3) is 0 Å². The van der Waals surface area contributed by atoms with E-state index in [1.54, 1.807) is 6.92 Å². The Morgan fingerprint density at radius 3 is 2.36 bits per heavy atom. The van der Waals surface area contributed by atoms with Gasteiger partial charge < -0.3 is 1.43 Å². The van der Waals surface area contributed by atoms with Crippen molar-refractivity contribution < 1.29 is 33.3 Å². The van der Waals surface area contributed by atoms with Crippen LogP contribution >= 0.6 is 11.3 Å². The summed E-state index contributed by atoms with van der Waals surface area (Å²) in [7, 11) is -3.97. The van der Waals surface area contributed by atoms with Gasteiger partial charge in [-0.2, -0.15) is 8.42 Å². The van der Waals surface area contributed by atoms with Crippen LogP contribution in [0.2, 0.25) is 0 Å². The molecule has 0 radical (unpaired) electrons. The van der Waals surface area contributed by atoms with E-state index < -0.39 is 10.1 Å². The molecule has 0 fully saturated rings. The summed E-state index contributed by atoms with van der Waals surface area (Å²) in [5, 5.41) is 1.41. The van der Waals surface area contributed by atoms with Crippen molar-refractivity contribution >= 4 is 21.5 Å². The van der Waals surface area contributed by atoms with Crippen LogP contribution in [0.5, 0.6) is 0 Å². The van der Waals surface area contributed by atoms with Crippen molar-refractivity contribution in [1.29, 1.82) is 0 Å². The quantitative estimate of drug-likeness (QED) is 0.425. The fraction of sp³-hybridized carbons (Fsp3) is 0.200. The molecule has 0 saturated carbocycles. The molecule has 1 aromatic rings. The molecular formula is C5H7LiO3S2. The van der Waals surface area contributed by atoms with Gasteiger partial charge in [0.2, 0.25) is 0 Å². The summed E-state index contributed by atoms with van der Waals surface area (Å²) in [6.45, 7) is 1.78. The summed E-state index contributed by atoms with van der Waals surface area (Å²) in [4.78, 5) is 0.850. The van der Waals surface area contributed by atoms with Gasteiger partial charge in [0.1, 0.15) is 4.90 Å². The van der Waals surface area contributed by atoms with Crippen molar-refractivity contribution in [3.05, 3.63) is 16.3 Å². The van der Waals surface area contributed by atoms with E-state index in [4.69, 9.17) is 4.55 Å². The van der Waals surface area contributed by atoms with Crippen LogP contribution in [0.15, 0.2) is 16.3 Å². The van der Waals surface area contributed by atoms with Crippen molar-refractivity contribution in [3.8, 4) is 0 Å². The van der Waals surface area contributed by atoms with Gasteiger partial charge in [0.25, 0.3) is 10.1 Å². The number of hydrogen-bond donors (Lipinski definition) is 1. The van der Waals surface area contributed by atoms with Gasteiger partial charge in [-0.15, -0.1) is 11.3 Å². The molecule has 0 saturated heterocycles. The maximum atomic E-state index is 10.4. The zero-order valence-corrected chi connectivity index (χ0v) is 7.87. The molecule has 1 N–H and O–H groups in total. The van der Waals surface area contributed by atoms with Gasteiger partial charge in [-0.05, 0) is 13.0 Å². The zero-order chi connectivity index (χ0) is 7.78. The van der Waals surface area contributed by atoms with E-state index in [2.05, 4.69) is 0 Å². The number of hydrogen-bond acceptors (Lipinski definition) is 3. The Labute approximate surface area is 82.8 Å². The van der Waals surface area contributed by atoms with E-state index in [-0.39, 0.29) is 25.2 Å². The predicted molar refractivity (Wildman–Crippen MR) is 40.0 cm³/mol. The number of thiophene rings is 1. The molecule has 0 unspecified atom stereocenters. The van der Waals surface area contributed by atoms with Crippen molar-refractivity contribution in [2.24, 2.45) is 0 Å². The van der Waals surface area contributed by atoms with Crippen LogP contribution in [-0.2, 0) is 10.1 Å². The first kappa shape index (κ1) is 11.2. The van der Waals surface area contributed by atoms with E-state index in [1.807, 2.05) is 0 Å². The molecule has 0 aliphatic carbocycles. The summed E-state index contributed by atoms with van der Waals surface area (Å²) in [5.41, 5.74) is 0.